The molecule has 0 spiro atoms. The van der Waals surface area contributed by atoms with E-state index in [0.717, 1.165) is 37.7 Å². The molecule has 1 aromatic carbocycles. The largest absolute Gasteiger partial charge is 0.495 e. The van der Waals surface area contributed by atoms with Crippen LogP contribution in [0.3, 0.4) is 0 Å². The molecule has 1 aliphatic heterocycles. The Balaban J connectivity index is 2.07. The number of methoxy groups -OCH3 is 1. The molecule has 0 amide bonds. The van der Waals surface area contributed by atoms with Crippen LogP contribution in [0.2, 0.25) is 0 Å². The molecular formula is C27H42F3N7O+2. The van der Waals surface area contributed by atoms with E-state index in [-0.39, 0.29) is 32.7 Å². The molecule has 0 radical (unpaired) electrons. The Morgan fingerprint density at radius 3 is 2.47 bits per heavy atom. The van der Waals surface area contributed by atoms with E-state index in [1.165, 1.54) is 0 Å². The second kappa shape index (κ2) is 11.2. The first-order valence-corrected chi connectivity index (χ1v) is 12.9. The van der Waals surface area contributed by atoms with Crippen molar-refractivity contribution in [2.45, 2.75) is 45.3 Å². The molecule has 0 bridgehead atoms. The van der Waals surface area contributed by atoms with Gasteiger partial charge in [-0.3, -0.25) is 9.89 Å². The van der Waals surface area contributed by atoms with E-state index in [9.17, 15) is 13.2 Å². The molecule has 1 aromatic heterocycles. The molecular weight excluding hydrogens is 495 g/mol. The molecule has 0 aliphatic carbocycles. The molecule has 3 rings (SSSR count). The number of nitrogens with one attached hydrogen (secondary N) is 2. The van der Waals surface area contributed by atoms with E-state index in [1.54, 1.807) is 46.1 Å². The predicted molar refractivity (Wildman–Crippen MR) is 148 cm³/mol. The number of alkyl halides is 3. The van der Waals surface area contributed by atoms with Gasteiger partial charge in [-0.1, -0.05) is 13.3 Å². The van der Waals surface area contributed by atoms with Gasteiger partial charge < -0.3 is 15.0 Å². The van der Waals surface area contributed by atoms with Crippen LogP contribution in [0.15, 0.2) is 24.4 Å². The van der Waals surface area contributed by atoms with Gasteiger partial charge in [0, 0.05) is 31.1 Å². The number of anilines is 1. The molecule has 2 aromatic rings. The van der Waals surface area contributed by atoms with E-state index in [0.29, 0.717) is 23.8 Å². The van der Waals surface area contributed by atoms with Crippen molar-refractivity contribution in [1.29, 1.82) is 5.41 Å². The number of hydrogen-bond donors (Lipinski definition) is 2. The maximum atomic E-state index is 14.2. The quantitative estimate of drug-likeness (QED) is 0.276. The summed E-state index contributed by atoms with van der Waals surface area (Å²) < 4.78 is 48.0. The lowest BCUT2D eigenvalue weighted by molar-refractivity contribution is -0.138. The van der Waals surface area contributed by atoms with Crippen LogP contribution in [-0.4, -0.2) is 77.3 Å². The Bertz CT molecular complexity index is 1140. The molecule has 2 unspecified atom stereocenters. The smallest absolute Gasteiger partial charge is 0.425 e. The van der Waals surface area contributed by atoms with E-state index in [1.807, 2.05) is 26.2 Å². The molecule has 1 aliphatic rings. The van der Waals surface area contributed by atoms with Crippen molar-refractivity contribution >= 4 is 29.0 Å². The maximum absolute atomic E-state index is 14.2. The third-order valence-corrected chi connectivity index (χ3v) is 7.59. The van der Waals surface area contributed by atoms with Crippen molar-refractivity contribution in [3.8, 4) is 5.75 Å². The molecule has 2 N–H and O–H groups in total. The van der Waals surface area contributed by atoms with Crippen molar-refractivity contribution in [1.82, 2.24) is 24.3 Å². The average molecular weight is 538 g/mol. The lowest BCUT2D eigenvalue weighted by Crippen LogP contribution is -2.51. The topological polar surface area (TPSA) is 74.1 Å². The van der Waals surface area contributed by atoms with Crippen LogP contribution in [0, 0.1) is 11.3 Å². The van der Waals surface area contributed by atoms with Crippen LogP contribution >= 0.6 is 0 Å². The second-order valence-corrected chi connectivity index (χ2v) is 11.3. The number of aromatic nitrogens is 2. The summed E-state index contributed by atoms with van der Waals surface area (Å²) in [7, 11) is 10.6. The number of nitrogens with zero attached hydrogens (tertiary/aromatic N) is 5. The number of halogens is 3. The first kappa shape index (κ1) is 29.8. The molecule has 0 saturated carbocycles. The summed E-state index contributed by atoms with van der Waals surface area (Å²) in [5.41, 5.74) is 0.593. The average Bonchev–Trinajstić information content (AvgIpc) is 2.87. The lowest BCUT2D eigenvalue weighted by Gasteiger charge is -2.37. The highest BCUT2D eigenvalue weighted by molar-refractivity contribution is 5.95. The van der Waals surface area contributed by atoms with Gasteiger partial charge in [-0.05, 0) is 32.4 Å². The van der Waals surface area contributed by atoms with Crippen LogP contribution in [0.4, 0.5) is 36.3 Å². The van der Waals surface area contributed by atoms with Gasteiger partial charge >= 0.3 is 12.1 Å². The molecule has 2 atom stereocenters. The van der Waals surface area contributed by atoms with Crippen molar-refractivity contribution in [3.63, 3.8) is 0 Å². The normalized spacial score (nSPS) is 17.7. The zero-order chi connectivity index (χ0) is 28.5. The fraction of sp³-hybridized carbons (Fsp3) is 0.593. The van der Waals surface area contributed by atoms with Gasteiger partial charge in [0.05, 0.1) is 59.6 Å². The Morgan fingerprint density at radius 1 is 1.24 bits per heavy atom. The zero-order valence-electron chi connectivity index (χ0n) is 23.8. The van der Waals surface area contributed by atoms with Gasteiger partial charge in [0.1, 0.15) is 11.4 Å². The van der Waals surface area contributed by atoms with Gasteiger partial charge in [-0.15, -0.1) is 4.98 Å². The monoisotopic (exact) mass is 537 g/mol. The first-order chi connectivity index (χ1) is 17.6. The highest BCUT2D eigenvalue weighted by Crippen LogP contribution is 2.41. The lowest BCUT2D eigenvalue weighted by atomic mass is 9.92. The third-order valence-electron chi connectivity index (χ3n) is 7.59. The van der Waals surface area contributed by atoms with E-state index >= 15 is 0 Å². The van der Waals surface area contributed by atoms with Crippen LogP contribution in [0.25, 0.3) is 0 Å². The fourth-order valence-corrected chi connectivity index (χ4v) is 5.18. The van der Waals surface area contributed by atoms with Gasteiger partial charge in [0.15, 0.2) is 5.56 Å². The van der Waals surface area contributed by atoms with Gasteiger partial charge in [0.2, 0.25) is 5.82 Å². The predicted octanol–water partition coefficient (Wildman–Crippen LogP) is 5.18. The summed E-state index contributed by atoms with van der Waals surface area (Å²) >= 11 is 0. The van der Waals surface area contributed by atoms with Crippen molar-refractivity contribution in [2.24, 2.45) is 5.92 Å². The van der Waals surface area contributed by atoms with E-state index in [2.05, 4.69) is 22.2 Å². The summed E-state index contributed by atoms with van der Waals surface area (Å²) in [6, 6.07) is 5.76. The van der Waals surface area contributed by atoms with Gasteiger partial charge in [-0.2, -0.15) is 18.2 Å². The summed E-state index contributed by atoms with van der Waals surface area (Å²) in [6.45, 7) is 5.21. The number of amidine groups is 1. The van der Waals surface area contributed by atoms with E-state index in [4.69, 9.17) is 10.1 Å². The van der Waals surface area contributed by atoms with E-state index < -0.39 is 11.7 Å². The SMILES string of the molecule is COc1ccc([N+](C)(C)c2ncc(C(F)(F)F)c([N+](C)(C)CC(C)C3CCCCN3)n2)cc1N(C)C(C)=N. The number of ether oxygens (including phenoxy) is 1. The van der Waals surface area contributed by atoms with Gasteiger partial charge in [-0.25, -0.2) is 4.48 Å². The Kier molecular flexibility index (Phi) is 8.74. The highest BCUT2D eigenvalue weighted by Gasteiger charge is 2.44. The first-order valence-electron chi connectivity index (χ1n) is 12.9. The van der Waals surface area contributed by atoms with Crippen molar-refractivity contribution in [3.05, 3.63) is 30.0 Å². The summed E-state index contributed by atoms with van der Waals surface area (Å²) in [5.74, 6) is 1.27. The number of quaternary nitrogens is 2. The minimum atomic E-state index is -4.58. The van der Waals surface area contributed by atoms with Crippen molar-refractivity contribution < 1.29 is 17.9 Å². The molecule has 1 saturated heterocycles. The number of benzene rings is 1. The van der Waals surface area contributed by atoms with Crippen LogP contribution < -0.4 is 23.9 Å². The summed E-state index contributed by atoms with van der Waals surface area (Å²) in [5, 5.41) is 11.6. The molecule has 8 nitrogen and oxygen atoms in total. The maximum Gasteiger partial charge on any atom is 0.425 e. The Labute approximate surface area is 224 Å². The second-order valence-electron chi connectivity index (χ2n) is 11.3. The molecule has 1 fully saturated rings. The Hall–Kier alpha value is -2.76. The number of hydrogen-bond acceptors (Lipinski definition) is 5. The Morgan fingerprint density at radius 2 is 1.92 bits per heavy atom. The summed E-state index contributed by atoms with van der Waals surface area (Å²) in [4.78, 5) is 10.5. The van der Waals surface area contributed by atoms with Crippen LogP contribution in [-0.2, 0) is 6.18 Å². The van der Waals surface area contributed by atoms with Crippen LogP contribution in [0.5, 0.6) is 5.75 Å². The zero-order valence-corrected chi connectivity index (χ0v) is 23.8. The molecule has 210 valence electrons. The molecule has 11 heteroatoms. The van der Waals surface area contributed by atoms with Crippen LogP contribution in [0.1, 0.15) is 38.7 Å². The molecule has 2 heterocycles. The van der Waals surface area contributed by atoms with Gasteiger partial charge in [0.25, 0.3) is 0 Å². The number of piperidine rings is 1. The fourth-order valence-electron chi connectivity index (χ4n) is 5.18. The molecule has 38 heavy (non-hydrogen) atoms. The third kappa shape index (κ3) is 6.27. The highest BCUT2D eigenvalue weighted by atomic mass is 19.4. The minimum Gasteiger partial charge on any atom is -0.495 e. The minimum absolute atomic E-state index is 0.00670. The summed E-state index contributed by atoms with van der Waals surface area (Å²) in [6.07, 6.45) is -0.382. The van der Waals surface area contributed by atoms with Crippen molar-refractivity contribution in [2.75, 3.05) is 60.3 Å². The number of rotatable bonds is 8. The standard InChI is InChI=1S/C27H42F3N7O/c1-18(22-11-9-10-14-32-22)17-36(4,5)25-21(27(28,29)30)16-33-26(34-25)37(6,7)20-12-13-24(38-8)23(15-20)35(3)19(2)31/h12-13,15-16,18,22,31-32H,9-11,14,17H2,1-8H3/q+2.